The number of imidazole rings is 1. The standard InChI is InChI=1S/C15H22N4O/c1-11(2)16-9-13-15(18-8-6-12(20)10-18)17-14-5-3-4-7-19(13)14/h3-5,7,11-12,16,20H,6,8-10H2,1-2H3. The number of pyridine rings is 1. The lowest BCUT2D eigenvalue weighted by Gasteiger charge is -2.18. The number of fused-ring (bicyclic) bond motifs is 1. The Morgan fingerprint density at radius 3 is 3.00 bits per heavy atom. The van der Waals surface area contributed by atoms with Crippen LogP contribution in [0.2, 0.25) is 0 Å². The molecule has 108 valence electrons. The SMILES string of the molecule is CC(C)NCc1c(N2CCC(O)C2)nc2ccccn12. The second kappa shape index (κ2) is 5.42. The lowest BCUT2D eigenvalue weighted by Crippen LogP contribution is -2.26. The Labute approximate surface area is 119 Å². The summed E-state index contributed by atoms with van der Waals surface area (Å²) >= 11 is 0. The van der Waals surface area contributed by atoms with Gasteiger partial charge in [0.05, 0.1) is 11.8 Å². The number of aliphatic hydroxyl groups excluding tert-OH is 1. The Hall–Kier alpha value is -1.59. The van der Waals surface area contributed by atoms with E-state index < -0.39 is 0 Å². The van der Waals surface area contributed by atoms with E-state index in [2.05, 4.69) is 34.7 Å². The van der Waals surface area contributed by atoms with E-state index in [1.807, 2.05) is 18.2 Å². The van der Waals surface area contributed by atoms with Gasteiger partial charge in [-0.15, -0.1) is 0 Å². The summed E-state index contributed by atoms with van der Waals surface area (Å²) in [4.78, 5) is 6.93. The highest BCUT2D eigenvalue weighted by Crippen LogP contribution is 2.25. The molecular formula is C15H22N4O. The van der Waals surface area contributed by atoms with Gasteiger partial charge in [0, 0.05) is 31.9 Å². The maximum atomic E-state index is 9.75. The highest BCUT2D eigenvalue weighted by molar-refractivity contribution is 5.56. The number of aromatic nitrogens is 2. The Morgan fingerprint density at radius 2 is 2.30 bits per heavy atom. The van der Waals surface area contributed by atoms with Crippen molar-refractivity contribution < 1.29 is 5.11 Å². The van der Waals surface area contributed by atoms with Gasteiger partial charge in [-0.25, -0.2) is 4.98 Å². The Balaban J connectivity index is 1.98. The number of nitrogens with one attached hydrogen (secondary N) is 1. The summed E-state index contributed by atoms with van der Waals surface area (Å²) in [6.45, 7) is 6.62. The van der Waals surface area contributed by atoms with Crippen molar-refractivity contribution in [3.63, 3.8) is 0 Å². The van der Waals surface area contributed by atoms with Crippen LogP contribution in [0, 0.1) is 0 Å². The van der Waals surface area contributed by atoms with E-state index in [9.17, 15) is 5.11 Å². The van der Waals surface area contributed by atoms with Crippen LogP contribution in [0.25, 0.3) is 5.65 Å². The molecule has 1 aliphatic heterocycles. The van der Waals surface area contributed by atoms with Crippen molar-refractivity contribution in [1.82, 2.24) is 14.7 Å². The molecule has 5 heteroatoms. The van der Waals surface area contributed by atoms with Crippen LogP contribution in [0.1, 0.15) is 26.0 Å². The molecule has 2 aromatic heterocycles. The smallest absolute Gasteiger partial charge is 0.152 e. The molecule has 0 radical (unpaired) electrons. The minimum Gasteiger partial charge on any atom is -0.391 e. The average Bonchev–Trinajstić information content (AvgIpc) is 2.99. The van der Waals surface area contributed by atoms with Crippen LogP contribution in [0.15, 0.2) is 24.4 Å². The van der Waals surface area contributed by atoms with E-state index in [0.29, 0.717) is 12.6 Å². The van der Waals surface area contributed by atoms with Crippen LogP contribution in [0.5, 0.6) is 0 Å². The summed E-state index contributed by atoms with van der Waals surface area (Å²) in [5.41, 5.74) is 2.13. The van der Waals surface area contributed by atoms with Crippen LogP contribution in [0.3, 0.4) is 0 Å². The van der Waals surface area contributed by atoms with Gasteiger partial charge in [-0.1, -0.05) is 19.9 Å². The molecule has 0 aliphatic carbocycles. The molecule has 20 heavy (non-hydrogen) atoms. The fourth-order valence-electron chi connectivity index (χ4n) is 2.69. The van der Waals surface area contributed by atoms with Crippen molar-refractivity contribution in [1.29, 1.82) is 0 Å². The molecule has 2 N–H and O–H groups in total. The van der Waals surface area contributed by atoms with Gasteiger partial charge in [0.25, 0.3) is 0 Å². The molecule has 0 aromatic carbocycles. The van der Waals surface area contributed by atoms with Crippen molar-refractivity contribution in [2.24, 2.45) is 0 Å². The third kappa shape index (κ3) is 2.51. The second-order valence-electron chi connectivity index (χ2n) is 5.74. The number of nitrogens with zero attached hydrogens (tertiary/aromatic N) is 3. The summed E-state index contributed by atoms with van der Waals surface area (Å²) in [5.74, 6) is 1.00. The summed E-state index contributed by atoms with van der Waals surface area (Å²) in [7, 11) is 0. The maximum Gasteiger partial charge on any atom is 0.152 e. The molecule has 0 amide bonds. The van der Waals surface area contributed by atoms with E-state index in [1.54, 1.807) is 0 Å². The van der Waals surface area contributed by atoms with Gasteiger partial charge in [-0.2, -0.15) is 0 Å². The highest BCUT2D eigenvalue weighted by Gasteiger charge is 2.25. The zero-order valence-corrected chi connectivity index (χ0v) is 12.1. The second-order valence-corrected chi connectivity index (χ2v) is 5.74. The average molecular weight is 274 g/mol. The van der Waals surface area contributed by atoms with Crippen LogP contribution in [0.4, 0.5) is 5.82 Å². The van der Waals surface area contributed by atoms with Gasteiger partial charge in [0.1, 0.15) is 5.65 Å². The minimum absolute atomic E-state index is 0.231. The fraction of sp³-hybridized carbons (Fsp3) is 0.533. The molecular weight excluding hydrogens is 252 g/mol. The monoisotopic (exact) mass is 274 g/mol. The summed E-state index contributed by atoms with van der Waals surface area (Å²) in [6.07, 6.45) is 2.64. The van der Waals surface area contributed by atoms with Gasteiger partial charge in [-0.3, -0.25) is 0 Å². The van der Waals surface area contributed by atoms with Crippen LogP contribution in [-0.2, 0) is 6.54 Å². The maximum absolute atomic E-state index is 9.75. The first-order valence-corrected chi connectivity index (χ1v) is 7.27. The molecule has 0 bridgehead atoms. The van der Waals surface area contributed by atoms with Crippen molar-refractivity contribution in [3.05, 3.63) is 30.1 Å². The quantitative estimate of drug-likeness (QED) is 0.885. The number of β-amino-alcohol motifs (C(OH)–C–C–N with tert-alkyl or cyclic N) is 1. The lowest BCUT2D eigenvalue weighted by molar-refractivity contribution is 0.198. The normalized spacial score (nSPS) is 19.4. The van der Waals surface area contributed by atoms with E-state index in [-0.39, 0.29) is 6.10 Å². The minimum atomic E-state index is -0.231. The van der Waals surface area contributed by atoms with Gasteiger partial charge in [0.2, 0.25) is 0 Å². The van der Waals surface area contributed by atoms with Crippen LogP contribution >= 0.6 is 0 Å². The number of rotatable bonds is 4. The van der Waals surface area contributed by atoms with Crippen LogP contribution < -0.4 is 10.2 Å². The number of aliphatic hydroxyl groups is 1. The highest BCUT2D eigenvalue weighted by atomic mass is 16.3. The predicted octanol–water partition coefficient (Wildman–Crippen LogP) is 1.40. The molecule has 1 atom stereocenters. The zero-order valence-electron chi connectivity index (χ0n) is 12.1. The van der Waals surface area contributed by atoms with E-state index in [1.165, 1.54) is 5.69 Å². The van der Waals surface area contributed by atoms with Crippen molar-refractivity contribution in [2.45, 2.75) is 39.0 Å². The molecule has 1 unspecified atom stereocenters. The molecule has 2 aromatic rings. The molecule has 1 fully saturated rings. The number of anilines is 1. The van der Waals surface area contributed by atoms with Gasteiger partial charge < -0.3 is 19.7 Å². The number of hydrogen-bond donors (Lipinski definition) is 2. The zero-order chi connectivity index (χ0) is 14.1. The first-order valence-electron chi connectivity index (χ1n) is 7.27. The molecule has 3 heterocycles. The molecule has 0 saturated carbocycles. The summed E-state index contributed by atoms with van der Waals surface area (Å²) in [6, 6.07) is 6.48. The molecule has 3 rings (SSSR count). The first-order chi connectivity index (χ1) is 9.65. The summed E-state index contributed by atoms with van der Waals surface area (Å²) < 4.78 is 2.13. The molecule has 1 saturated heterocycles. The van der Waals surface area contributed by atoms with E-state index >= 15 is 0 Å². The van der Waals surface area contributed by atoms with Gasteiger partial charge in [0.15, 0.2) is 5.82 Å². The third-order valence-electron chi connectivity index (χ3n) is 3.75. The number of hydrogen-bond acceptors (Lipinski definition) is 4. The Morgan fingerprint density at radius 1 is 1.45 bits per heavy atom. The lowest BCUT2D eigenvalue weighted by atomic mass is 10.3. The van der Waals surface area contributed by atoms with Crippen molar-refractivity contribution >= 4 is 11.5 Å². The largest absolute Gasteiger partial charge is 0.391 e. The molecule has 1 aliphatic rings. The van der Waals surface area contributed by atoms with Crippen molar-refractivity contribution in [2.75, 3.05) is 18.0 Å². The van der Waals surface area contributed by atoms with Crippen LogP contribution in [-0.4, -0.2) is 39.7 Å². The molecule has 5 nitrogen and oxygen atoms in total. The fourth-order valence-corrected chi connectivity index (χ4v) is 2.69. The van der Waals surface area contributed by atoms with Gasteiger partial charge >= 0.3 is 0 Å². The third-order valence-corrected chi connectivity index (χ3v) is 3.75. The first kappa shape index (κ1) is 13.4. The topological polar surface area (TPSA) is 52.8 Å². The predicted molar refractivity (Wildman–Crippen MR) is 80.0 cm³/mol. The van der Waals surface area contributed by atoms with E-state index in [0.717, 1.165) is 31.0 Å². The molecule has 0 spiro atoms. The van der Waals surface area contributed by atoms with Crippen molar-refractivity contribution in [3.8, 4) is 0 Å². The van der Waals surface area contributed by atoms with Gasteiger partial charge in [-0.05, 0) is 18.6 Å². The van der Waals surface area contributed by atoms with E-state index in [4.69, 9.17) is 4.98 Å². The summed E-state index contributed by atoms with van der Waals surface area (Å²) in [5, 5.41) is 13.2. The Bertz CT molecular complexity index is 593. The Kier molecular flexibility index (Phi) is 3.63.